The fourth-order valence-electron chi connectivity index (χ4n) is 3.68. The molecule has 10 nitrogen and oxygen atoms in total. The Morgan fingerprint density at radius 2 is 1.63 bits per heavy atom. The standard InChI is InChI=1S/C25H31N5O5/c1-7-18(15-11-13-16(35-6)14-12-15)26-20-21(25(34)30(5)29(4)24(20)33)27-19-10-8-9-17(22(19)31)23(32)28(2)3/h8-14,18,26-27,31H,7H2,1-6H3. The highest BCUT2D eigenvalue weighted by Gasteiger charge is 2.22. The second-order valence-electron chi connectivity index (χ2n) is 8.31. The number of benzene rings is 2. The lowest BCUT2D eigenvalue weighted by atomic mass is 10.0. The minimum atomic E-state index is -0.483. The van der Waals surface area contributed by atoms with E-state index in [0.717, 1.165) is 5.56 Å². The Morgan fingerprint density at radius 1 is 1.03 bits per heavy atom. The predicted octanol–water partition coefficient (Wildman–Crippen LogP) is 2.81. The number of hydrogen-bond acceptors (Lipinski definition) is 7. The van der Waals surface area contributed by atoms with Crippen LogP contribution in [-0.2, 0) is 14.1 Å². The average Bonchev–Trinajstić information content (AvgIpc) is 2.86. The van der Waals surface area contributed by atoms with Crippen LogP contribution in [0.4, 0.5) is 17.1 Å². The minimum absolute atomic E-state index is 0.0349. The molecule has 10 heteroatoms. The van der Waals surface area contributed by atoms with Gasteiger partial charge in [0.05, 0.1) is 24.4 Å². The van der Waals surface area contributed by atoms with Crippen LogP contribution in [0.15, 0.2) is 52.1 Å². The molecule has 3 N–H and O–H groups in total. The number of phenols is 1. The molecule has 2 aromatic carbocycles. The molecule has 0 radical (unpaired) electrons. The number of rotatable bonds is 8. The van der Waals surface area contributed by atoms with Crippen LogP contribution in [0.3, 0.4) is 0 Å². The predicted molar refractivity (Wildman–Crippen MR) is 136 cm³/mol. The quantitative estimate of drug-likeness (QED) is 0.424. The maximum atomic E-state index is 13.2. The zero-order valence-corrected chi connectivity index (χ0v) is 20.7. The Hall–Kier alpha value is -4.21. The van der Waals surface area contributed by atoms with Crippen molar-refractivity contribution in [1.29, 1.82) is 0 Å². The van der Waals surface area contributed by atoms with Gasteiger partial charge in [-0.15, -0.1) is 0 Å². The van der Waals surface area contributed by atoms with Crippen molar-refractivity contribution in [2.45, 2.75) is 19.4 Å². The number of aromatic nitrogens is 2. The van der Waals surface area contributed by atoms with Crippen LogP contribution in [0, 0.1) is 0 Å². The van der Waals surface area contributed by atoms with Crippen LogP contribution >= 0.6 is 0 Å². The molecule has 1 heterocycles. The number of nitrogens with zero attached hydrogens (tertiary/aromatic N) is 3. The van der Waals surface area contributed by atoms with Gasteiger partial charge in [-0.1, -0.05) is 25.1 Å². The Balaban J connectivity index is 2.11. The summed E-state index contributed by atoms with van der Waals surface area (Å²) in [7, 11) is 7.71. The van der Waals surface area contributed by atoms with Crippen LogP contribution in [-0.4, -0.2) is 46.5 Å². The third-order valence-electron chi connectivity index (χ3n) is 5.89. The van der Waals surface area contributed by atoms with Gasteiger partial charge in [-0.25, -0.2) is 9.36 Å². The van der Waals surface area contributed by atoms with Crippen molar-refractivity contribution in [2.24, 2.45) is 14.1 Å². The zero-order valence-electron chi connectivity index (χ0n) is 20.7. The number of ether oxygens (including phenoxy) is 1. The molecule has 0 aliphatic heterocycles. The minimum Gasteiger partial charge on any atom is -0.505 e. The first-order valence-corrected chi connectivity index (χ1v) is 11.1. The second kappa shape index (κ2) is 10.4. The van der Waals surface area contributed by atoms with Crippen molar-refractivity contribution < 1.29 is 14.6 Å². The van der Waals surface area contributed by atoms with Gasteiger partial charge in [0.25, 0.3) is 17.0 Å². The summed E-state index contributed by atoms with van der Waals surface area (Å²) in [5, 5.41) is 16.9. The van der Waals surface area contributed by atoms with Gasteiger partial charge in [-0.05, 0) is 36.2 Å². The maximum Gasteiger partial charge on any atom is 0.290 e. The molecule has 3 aromatic rings. The van der Waals surface area contributed by atoms with E-state index in [2.05, 4.69) is 10.6 Å². The fourth-order valence-corrected chi connectivity index (χ4v) is 3.68. The van der Waals surface area contributed by atoms with E-state index in [-0.39, 0.29) is 34.4 Å². The van der Waals surface area contributed by atoms with Crippen LogP contribution in [0.25, 0.3) is 0 Å². The smallest absolute Gasteiger partial charge is 0.290 e. The topological polar surface area (TPSA) is 118 Å². The number of anilines is 3. The Bertz CT molecular complexity index is 1340. The van der Waals surface area contributed by atoms with Gasteiger partial charge in [0.1, 0.15) is 17.1 Å². The van der Waals surface area contributed by atoms with Crippen LogP contribution in [0.1, 0.15) is 35.3 Å². The average molecular weight is 482 g/mol. The lowest BCUT2D eigenvalue weighted by Gasteiger charge is -2.23. The first kappa shape index (κ1) is 25.4. The molecule has 0 spiro atoms. The van der Waals surface area contributed by atoms with Crippen molar-refractivity contribution in [3.05, 3.63) is 74.3 Å². The van der Waals surface area contributed by atoms with Crippen molar-refractivity contribution in [3.63, 3.8) is 0 Å². The summed E-state index contributed by atoms with van der Waals surface area (Å²) in [6.45, 7) is 1.96. The summed E-state index contributed by atoms with van der Waals surface area (Å²) in [6.07, 6.45) is 0.627. The fraction of sp³-hybridized carbons (Fsp3) is 0.320. The molecule has 0 bridgehead atoms. The number of hydrogen-bond donors (Lipinski definition) is 3. The highest BCUT2D eigenvalue weighted by molar-refractivity contribution is 5.98. The van der Waals surface area contributed by atoms with E-state index < -0.39 is 17.0 Å². The molecule has 0 saturated carbocycles. The van der Waals surface area contributed by atoms with Crippen molar-refractivity contribution >= 4 is 23.0 Å². The molecule has 35 heavy (non-hydrogen) atoms. The number of amides is 1. The second-order valence-corrected chi connectivity index (χ2v) is 8.31. The van der Waals surface area contributed by atoms with Crippen molar-refractivity contribution in [3.8, 4) is 11.5 Å². The molecule has 0 fully saturated rings. The summed E-state index contributed by atoms with van der Waals surface area (Å²) in [5.41, 5.74) is 0.214. The van der Waals surface area contributed by atoms with Crippen molar-refractivity contribution in [1.82, 2.24) is 14.3 Å². The molecule has 3 rings (SSSR count). The summed E-state index contributed by atoms with van der Waals surface area (Å²) in [6, 6.07) is 11.8. The van der Waals surface area contributed by atoms with E-state index in [0.29, 0.717) is 12.2 Å². The summed E-state index contributed by atoms with van der Waals surface area (Å²) >= 11 is 0. The summed E-state index contributed by atoms with van der Waals surface area (Å²) < 4.78 is 7.61. The zero-order chi connectivity index (χ0) is 25.9. The van der Waals surface area contributed by atoms with E-state index >= 15 is 0 Å². The van der Waals surface area contributed by atoms with Gasteiger partial charge in [-0.3, -0.25) is 14.4 Å². The maximum absolute atomic E-state index is 13.2. The number of para-hydroxylation sites is 1. The largest absolute Gasteiger partial charge is 0.505 e. The molecule has 0 aliphatic carbocycles. The molecule has 1 amide bonds. The number of carbonyl (C=O) groups is 1. The number of phenolic OH excluding ortho intramolecular Hbond substituents is 1. The molecule has 1 aromatic heterocycles. The van der Waals surface area contributed by atoms with Crippen LogP contribution in [0.2, 0.25) is 0 Å². The molecule has 0 aliphatic rings. The molecular weight excluding hydrogens is 450 g/mol. The molecule has 186 valence electrons. The van der Waals surface area contributed by atoms with E-state index in [4.69, 9.17) is 4.74 Å². The van der Waals surface area contributed by atoms with Gasteiger partial charge in [0.2, 0.25) is 0 Å². The molecular formula is C25H31N5O5. The molecule has 1 unspecified atom stereocenters. The molecule has 0 saturated heterocycles. The van der Waals surface area contributed by atoms with Gasteiger partial charge in [0, 0.05) is 28.2 Å². The van der Waals surface area contributed by atoms with E-state index in [9.17, 15) is 19.5 Å². The number of methoxy groups -OCH3 is 1. The van der Waals surface area contributed by atoms with E-state index in [1.54, 1.807) is 27.3 Å². The highest BCUT2D eigenvalue weighted by atomic mass is 16.5. The SMILES string of the molecule is CCC(Nc1c(Nc2cccc(C(=O)N(C)C)c2O)c(=O)n(C)n(C)c1=O)c1ccc(OC)cc1. The van der Waals surface area contributed by atoms with Crippen LogP contribution < -0.4 is 26.5 Å². The Morgan fingerprint density at radius 3 is 2.17 bits per heavy atom. The van der Waals surface area contributed by atoms with Gasteiger partial charge < -0.3 is 25.4 Å². The highest BCUT2D eigenvalue weighted by Crippen LogP contribution is 2.32. The Kier molecular flexibility index (Phi) is 7.53. The third kappa shape index (κ3) is 5.01. The van der Waals surface area contributed by atoms with E-state index in [1.165, 1.54) is 40.5 Å². The van der Waals surface area contributed by atoms with Gasteiger partial charge in [-0.2, -0.15) is 0 Å². The summed E-state index contributed by atoms with van der Waals surface area (Å²) in [4.78, 5) is 40.2. The number of nitrogens with one attached hydrogen (secondary N) is 2. The first-order chi connectivity index (χ1) is 16.6. The first-order valence-electron chi connectivity index (χ1n) is 11.1. The molecule has 1 atom stereocenters. The lowest BCUT2D eigenvalue weighted by molar-refractivity contribution is 0.0824. The van der Waals surface area contributed by atoms with Gasteiger partial charge >= 0.3 is 0 Å². The summed E-state index contributed by atoms with van der Waals surface area (Å²) in [5.74, 6) is -0.00733. The number of carbonyl (C=O) groups excluding carboxylic acids is 1. The van der Waals surface area contributed by atoms with E-state index in [1.807, 2.05) is 31.2 Å². The van der Waals surface area contributed by atoms with Gasteiger partial charge in [0.15, 0.2) is 5.75 Å². The third-order valence-corrected chi connectivity index (χ3v) is 5.89. The lowest BCUT2D eigenvalue weighted by Crippen LogP contribution is -2.38. The number of aromatic hydroxyl groups is 1. The monoisotopic (exact) mass is 481 g/mol. The Labute approximate surface area is 203 Å². The van der Waals surface area contributed by atoms with Crippen molar-refractivity contribution in [2.75, 3.05) is 31.8 Å². The normalized spacial score (nSPS) is 11.6. The van der Waals surface area contributed by atoms with Crippen LogP contribution in [0.5, 0.6) is 11.5 Å².